The smallest absolute Gasteiger partial charge is 0.0369 e. The second kappa shape index (κ2) is 7.09. The molecule has 1 aromatic carbocycles. The molecule has 1 saturated heterocycles. The van der Waals surface area contributed by atoms with Crippen molar-refractivity contribution < 1.29 is 0 Å². The highest BCUT2D eigenvalue weighted by molar-refractivity contribution is 5.48. The van der Waals surface area contributed by atoms with Gasteiger partial charge in [0.1, 0.15) is 0 Å². The Morgan fingerprint density at radius 2 is 1.85 bits per heavy atom. The van der Waals surface area contributed by atoms with E-state index in [-0.39, 0.29) is 0 Å². The first-order valence-corrected chi connectivity index (χ1v) is 7.84. The molecule has 0 aromatic heterocycles. The third-order valence-corrected chi connectivity index (χ3v) is 4.01. The van der Waals surface area contributed by atoms with E-state index in [4.69, 9.17) is 5.73 Å². The average molecular weight is 275 g/mol. The molecule has 1 aliphatic heterocycles. The van der Waals surface area contributed by atoms with Crippen LogP contribution in [0.1, 0.15) is 25.8 Å². The second-order valence-electron chi connectivity index (χ2n) is 6.52. The molecule has 0 spiro atoms. The zero-order valence-corrected chi connectivity index (χ0v) is 13.2. The first kappa shape index (κ1) is 15.3. The number of benzene rings is 1. The quantitative estimate of drug-likeness (QED) is 0.896. The van der Waals surface area contributed by atoms with Crippen LogP contribution in [0.2, 0.25) is 0 Å². The van der Waals surface area contributed by atoms with Crippen molar-refractivity contribution in [3.63, 3.8) is 0 Å². The molecule has 20 heavy (non-hydrogen) atoms. The lowest BCUT2D eigenvalue weighted by Crippen LogP contribution is -2.50. The van der Waals surface area contributed by atoms with Crippen molar-refractivity contribution in [3.05, 3.63) is 29.8 Å². The molecule has 3 nitrogen and oxygen atoms in total. The summed E-state index contributed by atoms with van der Waals surface area (Å²) in [5.74, 6) is 0.693. The van der Waals surface area contributed by atoms with Crippen LogP contribution in [0.4, 0.5) is 5.69 Å². The molecule has 0 amide bonds. The number of nitrogens with zero attached hydrogens (tertiary/aromatic N) is 2. The molecule has 1 aliphatic rings. The van der Waals surface area contributed by atoms with Crippen molar-refractivity contribution in [2.75, 3.05) is 37.6 Å². The number of anilines is 1. The largest absolute Gasteiger partial charge is 0.369 e. The number of nitrogens with two attached hydrogens (primary N) is 1. The zero-order chi connectivity index (χ0) is 14.5. The van der Waals surface area contributed by atoms with Crippen LogP contribution in [-0.2, 0) is 0 Å². The molecule has 1 heterocycles. The van der Waals surface area contributed by atoms with Gasteiger partial charge in [-0.15, -0.1) is 0 Å². The molecule has 0 saturated carbocycles. The van der Waals surface area contributed by atoms with Crippen LogP contribution in [0.3, 0.4) is 0 Å². The SMILES string of the molecule is Cc1cccc(N2CCN(CC(N)CC(C)C)CC2)c1. The van der Waals surface area contributed by atoms with Gasteiger partial charge < -0.3 is 10.6 Å². The lowest BCUT2D eigenvalue weighted by Gasteiger charge is -2.37. The topological polar surface area (TPSA) is 32.5 Å². The zero-order valence-electron chi connectivity index (χ0n) is 13.2. The Hall–Kier alpha value is -1.06. The summed E-state index contributed by atoms with van der Waals surface area (Å²) in [6.07, 6.45) is 1.12. The van der Waals surface area contributed by atoms with Gasteiger partial charge in [-0.05, 0) is 37.0 Å². The van der Waals surface area contributed by atoms with Gasteiger partial charge in [0.05, 0.1) is 0 Å². The highest BCUT2D eigenvalue weighted by Crippen LogP contribution is 2.18. The molecule has 1 aromatic rings. The summed E-state index contributed by atoms with van der Waals surface area (Å²) in [6.45, 7) is 12.2. The molecular weight excluding hydrogens is 246 g/mol. The first-order valence-electron chi connectivity index (χ1n) is 7.84. The number of hydrogen-bond donors (Lipinski definition) is 1. The second-order valence-corrected chi connectivity index (χ2v) is 6.52. The minimum atomic E-state index is 0.320. The van der Waals surface area contributed by atoms with Gasteiger partial charge in [0.15, 0.2) is 0 Å². The fourth-order valence-electron chi connectivity index (χ4n) is 3.02. The van der Waals surface area contributed by atoms with Crippen molar-refractivity contribution in [2.45, 2.75) is 33.2 Å². The Labute approximate surface area is 123 Å². The molecule has 0 aliphatic carbocycles. The van der Waals surface area contributed by atoms with Gasteiger partial charge in [-0.25, -0.2) is 0 Å². The maximum Gasteiger partial charge on any atom is 0.0369 e. The van der Waals surface area contributed by atoms with E-state index in [1.807, 2.05) is 0 Å². The minimum absolute atomic E-state index is 0.320. The normalized spacial score (nSPS) is 18.6. The van der Waals surface area contributed by atoms with Crippen LogP contribution in [0.25, 0.3) is 0 Å². The summed E-state index contributed by atoms with van der Waals surface area (Å²) in [7, 11) is 0. The van der Waals surface area contributed by atoms with Gasteiger partial charge in [0, 0.05) is 44.5 Å². The highest BCUT2D eigenvalue weighted by atomic mass is 15.3. The predicted octanol–water partition coefficient (Wildman–Crippen LogP) is 2.49. The van der Waals surface area contributed by atoms with E-state index in [2.05, 4.69) is 54.8 Å². The van der Waals surface area contributed by atoms with Crippen molar-refractivity contribution in [1.82, 2.24) is 4.90 Å². The number of piperazine rings is 1. The van der Waals surface area contributed by atoms with Crippen molar-refractivity contribution in [1.29, 1.82) is 0 Å². The predicted molar refractivity (Wildman–Crippen MR) is 87.3 cm³/mol. The van der Waals surface area contributed by atoms with E-state index >= 15 is 0 Å². The third-order valence-electron chi connectivity index (χ3n) is 4.01. The summed E-state index contributed by atoms with van der Waals surface area (Å²) in [6, 6.07) is 9.12. The van der Waals surface area contributed by atoms with Crippen LogP contribution < -0.4 is 10.6 Å². The Balaban J connectivity index is 1.80. The molecule has 1 atom stereocenters. The molecule has 1 unspecified atom stereocenters. The molecule has 2 rings (SSSR count). The van der Waals surface area contributed by atoms with Crippen LogP contribution in [0.5, 0.6) is 0 Å². The molecular formula is C17H29N3. The van der Waals surface area contributed by atoms with E-state index in [0.717, 1.165) is 39.1 Å². The van der Waals surface area contributed by atoms with Gasteiger partial charge in [0.2, 0.25) is 0 Å². The fraction of sp³-hybridized carbons (Fsp3) is 0.647. The third kappa shape index (κ3) is 4.50. The summed E-state index contributed by atoms with van der Waals surface area (Å²) in [4.78, 5) is 5.00. The standard InChI is InChI=1S/C17H29N3/c1-14(2)11-16(18)13-19-7-9-20(10-8-19)17-6-4-5-15(3)12-17/h4-6,12,14,16H,7-11,13,18H2,1-3H3. The average Bonchev–Trinajstić information content (AvgIpc) is 2.38. The summed E-state index contributed by atoms with van der Waals surface area (Å²) < 4.78 is 0. The lowest BCUT2D eigenvalue weighted by molar-refractivity contribution is 0.233. The van der Waals surface area contributed by atoms with E-state index < -0.39 is 0 Å². The number of hydrogen-bond acceptors (Lipinski definition) is 3. The van der Waals surface area contributed by atoms with Crippen LogP contribution >= 0.6 is 0 Å². The van der Waals surface area contributed by atoms with E-state index in [1.165, 1.54) is 11.3 Å². The first-order chi connectivity index (χ1) is 9.54. The molecule has 0 radical (unpaired) electrons. The monoisotopic (exact) mass is 275 g/mol. The van der Waals surface area contributed by atoms with E-state index in [1.54, 1.807) is 0 Å². The van der Waals surface area contributed by atoms with Crippen LogP contribution in [0.15, 0.2) is 24.3 Å². The number of aryl methyl sites for hydroxylation is 1. The maximum absolute atomic E-state index is 6.22. The van der Waals surface area contributed by atoms with Crippen molar-refractivity contribution in [3.8, 4) is 0 Å². The molecule has 2 N–H and O–H groups in total. The van der Waals surface area contributed by atoms with Crippen LogP contribution in [-0.4, -0.2) is 43.7 Å². The summed E-state index contributed by atoms with van der Waals surface area (Å²) >= 11 is 0. The Bertz CT molecular complexity index is 408. The Kier molecular flexibility index (Phi) is 5.44. The van der Waals surface area contributed by atoms with Gasteiger partial charge in [-0.1, -0.05) is 26.0 Å². The van der Waals surface area contributed by atoms with Gasteiger partial charge in [-0.2, -0.15) is 0 Å². The molecule has 112 valence electrons. The van der Waals surface area contributed by atoms with Crippen LogP contribution in [0, 0.1) is 12.8 Å². The van der Waals surface area contributed by atoms with Gasteiger partial charge in [0.25, 0.3) is 0 Å². The number of rotatable bonds is 5. The Morgan fingerprint density at radius 1 is 1.15 bits per heavy atom. The molecule has 0 bridgehead atoms. The van der Waals surface area contributed by atoms with E-state index in [0.29, 0.717) is 12.0 Å². The highest BCUT2D eigenvalue weighted by Gasteiger charge is 2.19. The molecule has 1 fully saturated rings. The van der Waals surface area contributed by atoms with Gasteiger partial charge in [-0.3, -0.25) is 4.90 Å². The summed E-state index contributed by atoms with van der Waals surface area (Å²) in [5, 5.41) is 0. The maximum atomic E-state index is 6.22. The van der Waals surface area contributed by atoms with E-state index in [9.17, 15) is 0 Å². The molecule has 3 heteroatoms. The minimum Gasteiger partial charge on any atom is -0.369 e. The van der Waals surface area contributed by atoms with Crippen molar-refractivity contribution >= 4 is 5.69 Å². The van der Waals surface area contributed by atoms with Crippen molar-refractivity contribution in [2.24, 2.45) is 11.7 Å². The fourth-order valence-corrected chi connectivity index (χ4v) is 3.02. The van der Waals surface area contributed by atoms with Gasteiger partial charge >= 0.3 is 0 Å². The summed E-state index contributed by atoms with van der Waals surface area (Å²) in [5.41, 5.74) is 8.91. The Morgan fingerprint density at radius 3 is 2.45 bits per heavy atom. The lowest BCUT2D eigenvalue weighted by atomic mass is 10.0.